The second kappa shape index (κ2) is 29.6. The molecule has 0 aliphatic heterocycles. The number of hydrogen-bond donors (Lipinski definition) is 0. The van der Waals surface area contributed by atoms with Crippen molar-refractivity contribution >= 4 is 48.9 Å². The molecule has 0 aromatic carbocycles. The van der Waals surface area contributed by atoms with Crippen LogP contribution in [-0.2, 0) is 0 Å². The third-order valence-electron chi connectivity index (χ3n) is 0. The van der Waals surface area contributed by atoms with E-state index in [2.05, 4.69) is 0 Å². The fraction of sp³-hybridized carbons (Fsp3) is 0. The molecule has 0 aliphatic carbocycles. The molecule has 0 nitrogen and oxygen atoms in total. The maximum atomic E-state index is 0. The van der Waals surface area contributed by atoms with E-state index >= 15 is 0 Å². The molecule has 0 bridgehead atoms. The van der Waals surface area contributed by atoms with Crippen molar-refractivity contribution in [1.82, 2.24) is 0 Å². The first kappa shape index (κ1) is 47.0. The summed E-state index contributed by atoms with van der Waals surface area (Å²) >= 11 is 0. The Bertz CT molecular complexity index is 3.61. The fourth-order valence-corrected chi connectivity index (χ4v) is 0. The van der Waals surface area contributed by atoms with Gasteiger partial charge in [-0.3, -0.25) is 0 Å². The molecule has 0 heterocycles. The first-order valence-corrected chi connectivity index (χ1v) is 0. The summed E-state index contributed by atoms with van der Waals surface area (Å²) in [5, 5.41) is 0. The summed E-state index contributed by atoms with van der Waals surface area (Å²) in [7, 11) is 0. The molecule has 0 atom stereocenters. The van der Waals surface area contributed by atoms with Gasteiger partial charge in [0, 0.05) is 0 Å². The molecule has 0 fully saturated rings. The average Bonchev–Trinajstić information content (AvgIpc) is 0. The Morgan fingerprint density at radius 3 is 0.600 bits per heavy atom. The number of rotatable bonds is 0. The van der Waals surface area contributed by atoms with E-state index in [1.54, 1.807) is 0 Å². The van der Waals surface area contributed by atoms with Crippen LogP contribution in [0.25, 0.3) is 0 Å². The van der Waals surface area contributed by atoms with Crippen molar-refractivity contribution in [2.75, 3.05) is 0 Å². The van der Waals surface area contributed by atoms with E-state index in [0.29, 0.717) is 0 Å². The SMILES string of the molecule is [Ba+2].[Cl-].[Cl-].[Cl-].[ClH2+]. The Balaban J connectivity index is 0. The van der Waals surface area contributed by atoms with Crippen molar-refractivity contribution in [3.05, 3.63) is 0 Å². The maximum absolute atomic E-state index is 0. The van der Waals surface area contributed by atoms with Crippen LogP contribution in [0.15, 0.2) is 0 Å². The van der Waals surface area contributed by atoms with E-state index in [4.69, 9.17) is 0 Å². The summed E-state index contributed by atoms with van der Waals surface area (Å²) < 4.78 is 0. The van der Waals surface area contributed by atoms with Crippen molar-refractivity contribution in [3.8, 4) is 0 Å². The third-order valence-corrected chi connectivity index (χ3v) is 0. The van der Waals surface area contributed by atoms with Crippen LogP contribution in [0.4, 0.5) is 0 Å². The second-order valence-corrected chi connectivity index (χ2v) is 0. The van der Waals surface area contributed by atoms with E-state index in [-0.39, 0.29) is 98.5 Å². The number of hydrogen-bond acceptors (Lipinski definition) is 0. The first-order chi connectivity index (χ1) is 0. The molecule has 0 saturated heterocycles. The minimum absolute atomic E-state index is 0. The van der Waals surface area contributed by atoms with E-state index in [0.717, 1.165) is 0 Å². The van der Waals surface area contributed by atoms with E-state index in [1.807, 2.05) is 0 Å². The molecular weight excluding hydrogens is 279 g/mol. The predicted octanol–water partition coefficient (Wildman–Crippen LogP) is -9.90. The van der Waals surface area contributed by atoms with Crippen LogP contribution in [0, 0.1) is 12.4 Å². The quantitative estimate of drug-likeness (QED) is 0.387. The molecule has 32 valence electrons. The third kappa shape index (κ3) is 20.2. The van der Waals surface area contributed by atoms with Gasteiger partial charge in [-0.15, -0.1) is 0 Å². The largest absolute Gasteiger partial charge is 2.00 e. The van der Waals surface area contributed by atoms with Crippen LogP contribution >= 0.6 is 0 Å². The van der Waals surface area contributed by atoms with Gasteiger partial charge in [-0.05, 0) is 0 Å². The summed E-state index contributed by atoms with van der Waals surface area (Å²) in [6.45, 7) is 0. The Morgan fingerprint density at radius 1 is 0.600 bits per heavy atom. The van der Waals surface area contributed by atoms with Gasteiger partial charge in [0.1, 0.15) is 0 Å². The van der Waals surface area contributed by atoms with Crippen molar-refractivity contribution in [3.63, 3.8) is 0 Å². The zero-order valence-electron chi connectivity index (χ0n) is 2.29. The van der Waals surface area contributed by atoms with Gasteiger partial charge >= 0.3 is 48.9 Å². The Hall–Kier alpha value is 2.73. The van der Waals surface area contributed by atoms with Crippen LogP contribution < -0.4 is 37.2 Å². The molecule has 0 amide bonds. The van der Waals surface area contributed by atoms with Crippen molar-refractivity contribution in [2.45, 2.75) is 0 Å². The topological polar surface area (TPSA) is 0 Å². The van der Waals surface area contributed by atoms with Gasteiger partial charge in [0.25, 0.3) is 0 Å². The molecule has 0 radical (unpaired) electrons. The van der Waals surface area contributed by atoms with Gasteiger partial charge in [-0.25, -0.2) is 0 Å². The molecule has 0 spiro atoms. The van der Waals surface area contributed by atoms with E-state index in [1.165, 1.54) is 0 Å². The van der Waals surface area contributed by atoms with E-state index < -0.39 is 0 Å². The predicted molar refractivity (Wildman–Crippen MR) is 8.54 cm³/mol. The Kier molecular flexibility index (Phi) is 278. The minimum atomic E-state index is 0. The Morgan fingerprint density at radius 2 is 0.600 bits per heavy atom. The summed E-state index contributed by atoms with van der Waals surface area (Å²) in [5.41, 5.74) is 0. The molecule has 0 unspecified atom stereocenters. The minimum Gasteiger partial charge on any atom is -1.00 e. The normalized spacial score (nSPS) is 0. The monoisotopic (exact) mass is 280 g/mol. The molecule has 0 aromatic heterocycles. The zero-order valence-corrected chi connectivity index (χ0v) is 9.89. The van der Waals surface area contributed by atoms with Crippen molar-refractivity contribution < 1.29 is 49.6 Å². The summed E-state index contributed by atoms with van der Waals surface area (Å²) in [4.78, 5) is 0. The standard InChI is InChI=1S/Ba.ClH2.3ClH/h;1H2;3*1H/q+2;+1;;;/p-3. The van der Waals surface area contributed by atoms with Gasteiger partial charge in [0.2, 0.25) is 0 Å². The summed E-state index contributed by atoms with van der Waals surface area (Å²) in [6, 6.07) is 0. The molecule has 0 saturated carbocycles. The molecule has 5 heavy (non-hydrogen) atoms. The molecule has 5 heteroatoms. The molecule has 0 rings (SSSR count). The van der Waals surface area contributed by atoms with Gasteiger partial charge in [-0.1, -0.05) is 0 Å². The van der Waals surface area contributed by atoms with Crippen molar-refractivity contribution in [2.24, 2.45) is 0 Å². The van der Waals surface area contributed by atoms with Crippen LogP contribution in [0.5, 0.6) is 0 Å². The van der Waals surface area contributed by atoms with Gasteiger partial charge in [-0.2, -0.15) is 0 Å². The summed E-state index contributed by atoms with van der Waals surface area (Å²) in [5.74, 6) is 0. The maximum Gasteiger partial charge on any atom is 2.00 e. The van der Waals surface area contributed by atoms with Crippen LogP contribution in [0.2, 0.25) is 0 Å². The molecule has 0 aromatic rings. The van der Waals surface area contributed by atoms with Crippen molar-refractivity contribution in [1.29, 1.82) is 0 Å². The number of halogens is 4. The molecular formula is H2BaCl4. The first-order valence-electron chi connectivity index (χ1n) is 0. The molecule has 0 aliphatic rings. The fourth-order valence-electron chi connectivity index (χ4n) is 0. The second-order valence-electron chi connectivity index (χ2n) is 0. The van der Waals surface area contributed by atoms with Gasteiger partial charge in [0.05, 0.1) is 12.4 Å². The average molecular weight is 281 g/mol. The van der Waals surface area contributed by atoms with Gasteiger partial charge in [0.15, 0.2) is 0 Å². The smallest absolute Gasteiger partial charge is 1.00 e. The van der Waals surface area contributed by atoms with Gasteiger partial charge < -0.3 is 37.2 Å². The Labute approximate surface area is 96.6 Å². The zero-order chi connectivity index (χ0) is 0. The van der Waals surface area contributed by atoms with E-state index in [9.17, 15) is 0 Å². The summed E-state index contributed by atoms with van der Waals surface area (Å²) in [6.07, 6.45) is 0. The van der Waals surface area contributed by atoms with Crippen LogP contribution in [-0.4, -0.2) is 48.9 Å². The van der Waals surface area contributed by atoms with Crippen LogP contribution in [0.3, 0.4) is 0 Å². The molecule has 0 N–H and O–H groups in total. The van der Waals surface area contributed by atoms with Crippen LogP contribution in [0.1, 0.15) is 0 Å².